The fourth-order valence-electron chi connectivity index (χ4n) is 2.81. The van der Waals surface area contributed by atoms with Gasteiger partial charge in [-0.25, -0.2) is 4.52 Å². The summed E-state index contributed by atoms with van der Waals surface area (Å²) < 4.78 is 1.99. The van der Waals surface area contributed by atoms with Crippen molar-refractivity contribution in [3.8, 4) is 0 Å². The van der Waals surface area contributed by atoms with Gasteiger partial charge >= 0.3 is 0 Å². The molecule has 0 aliphatic carbocycles. The molecule has 0 unspecified atom stereocenters. The molecular weight excluding hydrogens is 316 g/mol. The minimum atomic E-state index is 0.522. The van der Waals surface area contributed by atoms with Gasteiger partial charge in [-0.1, -0.05) is 58.0 Å². The van der Waals surface area contributed by atoms with Gasteiger partial charge in [-0.05, 0) is 67.5 Å². The Balaban J connectivity index is 0.000000227. The molecule has 3 aromatic rings. The van der Waals surface area contributed by atoms with E-state index in [1.807, 2.05) is 23.7 Å². The molecule has 0 saturated heterocycles. The molecule has 1 aromatic carbocycles. The Kier molecular flexibility index (Phi) is 8.84. The van der Waals surface area contributed by atoms with Crippen LogP contribution in [0.5, 0.6) is 0 Å². The minimum Gasteiger partial charge on any atom is -0.238 e. The van der Waals surface area contributed by atoms with Crippen molar-refractivity contribution < 1.29 is 0 Å². The third-order valence-electron chi connectivity index (χ3n) is 4.31. The van der Waals surface area contributed by atoms with E-state index in [0.717, 1.165) is 0 Å². The van der Waals surface area contributed by atoms with Crippen molar-refractivity contribution in [3.05, 3.63) is 83.7 Å². The van der Waals surface area contributed by atoms with Crippen LogP contribution >= 0.6 is 0 Å². The highest BCUT2D eigenvalue weighted by Crippen LogP contribution is 2.20. The van der Waals surface area contributed by atoms with Crippen molar-refractivity contribution >= 4 is 5.52 Å². The van der Waals surface area contributed by atoms with Crippen molar-refractivity contribution in [2.75, 3.05) is 0 Å². The van der Waals surface area contributed by atoms with Crippen LogP contribution in [0, 0.1) is 13.8 Å². The van der Waals surface area contributed by atoms with Crippen LogP contribution in [-0.2, 0) is 0 Å². The highest BCUT2D eigenvalue weighted by atomic mass is 15.2. The number of aromatic nitrogens is 2. The van der Waals surface area contributed by atoms with E-state index >= 15 is 0 Å². The zero-order chi connectivity index (χ0) is 19.7. The fourth-order valence-corrected chi connectivity index (χ4v) is 2.81. The molecule has 0 N–H and O–H groups in total. The maximum absolute atomic E-state index is 4.26. The molecule has 2 heterocycles. The van der Waals surface area contributed by atoms with Gasteiger partial charge in [0.15, 0.2) is 0 Å². The molecule has 2 aromatic heterocycles. The molecule has 2 heteroatoms. The van der Waals surface area contributed by atoms with Gasteiger partial charge in [0.2, 0.25) is 0 Å². The second-order valence-electron chi connectivity index (χ2n) is 7.13. The van der Waals surface area contributed by atoms with Gasteiger partial charge in [0, 0.05) is 11.9 Å². The summed E-state index contributed by atoms with van der Waals surface area (Å²) in [5.74, 6) is 1.17. The van der Waals surface area contributed by atoms with Gasteiger partial charge in [-0.2, -0.15) is 5.10 Å². The van der Waals surface area contributed by atoms with Gasteiger partial charge in [0.1, 0.15) is 0 Å². The first-order valence-corrected chi connectivity index (χ1v) is 9.39. The minimum absolute atomic E-state index is 0.522. The number of nitrogens with zero attached hydrogens (tertiary/aromatic N) is 2. The van der Waals surface area contributed by atoms with E-state index < -0.39 is 0 Å². The van der Waals surface area contributed by atoms with E-state index in [1.54, 1.807) is 6.08 Å². The van der Waals surface area contributed by atoms with E-state index in [1.165, 1.54) is 27.9 Å². The Morgan fingerprint density at radius 2 is 1.54 bits per heavy atom. The van der Waals surface area contributed by atoms with Gasteiger partial charge in [-0.3, -0.25) is 0 Å². The molecule has 2 nitrogen and oxygen atoms in total. The zero-order valence-corrected chi connectivity index (χ0v) is 17.5. The van der Waals surface area contributed by atoms with Crippen LogP contribution in [0.3, 0.4) is 0 Å². The Morgan fingerprint density at radius 1 is 0.923 bits per heavy atom. The monoisotopic (exact) mass is 350 g/mol. The first-order chi connectivity index (χ1) is 12.3. The van der Waals surface area contributed by atoms with Crippen LogP contribution in [0.1, 0.15) is 68.8 Å². The van der Waals surface area contributed by atoms with Crippen molar-refractivity contribution in [3.63, 3.8) is 0 Å². The van der Waals surface area contributed by atoms with Crippen molar-refractivity contribution in [1.82, 2.24) is 9.61 Å². The molecule has 3 rings (SSSR count). The van der Waals surface area contributed by atoms with E-state index in [-0.39, 0.29) is 0 Å². The number of rotatable bonds is 2. The molecule has 26 heavy (non-hydrogen) atoms. The quantitative estimate of drug-likeness (QED) is 0.451. The topological polar surface area (TPSA) is 17.3 Å². The van der Waals surface area contributed by atoms with Crippen LogP contribution in [0.15, 0.2) is 61.3 Å². The van der Waals surface area contributed by atoms with Crippen LogP contribution in [0.25, 0.3) is 5.52 Å². The maximum atomic E-state index is 4.26. The lowest BCUT2D eigenvalue weighted by molar-refractivity contribution is 0.757. The molecule has 0 spiro atoms. The normalized spacial score (nSPS) is 10.2. The van der Waals surface area contributed by atoms with E-state index in [2.05, 4.69) is 89.6 Å². The summed E-state index contributed by atoms with van der Waals surface area (Å²) >= 11 is 0. The molecule has 0 radical (unpaired) electrons. The predicted octanol–water partition coefficient (Wildman–Crippen LogP) is 7.08. The number of hydrogen-bond donors (Lipinski definition) is 0. The number of pyridine rings is 1. The molecule has 0 bridgehead atoms. The molecular formula is C24H34N2. The van der Waals surface area contributed by atoms with Crippen molar-refractivity contribution in [1.29, 1.82) is 0 Å². The molecule has 0 atom stereocenters. The summed E-state index contributed by atoms with van der Waals surface area (Å²) in [7, 11) is 0. The van der Waals surface area contributed by atoms with Gasteiger partial charge in [0.05, 0.1) is 5.52 Å². The molecule has 0 aliphatic rings. The summed E-state index contributed by atoms with van der Waals surface area (Å²) in [4.78, 5) is 0. The Labute approximate surface area is 159 Å². The smallest absolute Gasteiger partial charge is 0.0664 e. The molecule has 0 saturated carbocycles. The van der Waals surface area contributed by atoms with Crippen LogP contribution in [0.2, 0.25) is 0 Å². The van der Waals surface area contributed by atoms with Gasteiger partial charge in [0.25, 0.3) is 0 Å². The average molecular weight is 351 g/mol. The first-order valence-electron chi connectivity index (χ1n) is 9.39. The van der Waals surface area contributed by atoms with E-state index in [4.69, 9.17) is 0 Å². The summed E-state index contributed by atoms with van der Waals surface area (Å²) in [5.41, 5.74) is 6.75. The Morgan fingerprint density at radius 3 is 2.08 bits per heavy atom. The average Bonchev–Trinajstić information content (AvgIpc) is 3.06. The standard InChI is InChI=1S/C11H16.C10H12N2.C3H6/c1-8(2)11-7-5-6-9(3)10(11)4;1-8(2)10-5-3-4-9-6-7-11-12(9)10;1-3-2/h5-8H,1-4H3;3-8H,1-2H3;3H,1H2,2H3. The third kappa shape index (κ3) is 5.87. The fraction of sp³-hybridized carbons (Fsp3) is 0.375. The van der Waals surface area contributed by atoms with Gasteiger partial charge in [-0.15, -0.1) is 6.58 Å². The van der Waals surface area contributed by atoms with Crippen molar-refractivity contribution in [2.24, 2.45) is 0 Å². The number of aryl methyl sites for hydroxylation is 1. The predicted molar refractivity (Wildman–Crippen MR) is 115 cm³/mol. The van der Waals surface area contributed by atoms with E-state index in [9.17, 15) is 0 Å². The summed E-state index contributed by atoms with van der Waals surface area (Å²) in [6.07, 6.45) is 3.58. The number of hydrogen-bond acceptors (Lipinski definition) is 1. The van der Waals surface area contributed by atoms with Crippen LogP contribution in [-0.4, -0.2) is 9.61 Å². The van der Waals surface area contributed by atoms with Crippen molar-refractivity contribution in [2.45, 2.75) is 60.3 Å². The lowest BCUT2D eigenvalue weighted by Gasteiger charge is -2.10. The second-order valence-corrected chi connectivity index (χ2v) is 7.13. The third-order valence-corrected chi connectivity index (χ3v) is 4.31. The summed E-state index contributed by atoms with van der Waals surface area (Å²) in [6.45, 7) is 18.4. The van der Waals surface area contributed by atoms with Crippen LogP contribution < -0.4 is 0 Å². The molecule has 140 valence electrons. The van der Waals surface area contributed by atoms with E-state index in [0.29, 0.717) is 11.8 Å². The highest BCUT2D eigenvalue weighted by molar-refractivity contribution is 5.46. The number of benzene rings is 1. The molecule has 0 amide bonds. The lowest BCUT2D eigenvalue weighted by Crippen LogP contribution is -1.99. The SMILES string of the molecule is C=CC.CC(C)c1cccc2ccnn12.Cc1cccc(C(C)C)c1C. The summed E-state index contributed by atoms with van der Waals surface area (Å²) in [5, 5.41) is 4.26. The highest BCUT2D eigenvalue weighted by Gasteiger charge is 2.04. The summed E-state index contributed by atoms with van der Waals surface area (Å²) in [6, 6.07) is 14.8. The molecule has 0 aliphatic heterocycles. The number of allylic oxidation sites excluding steroid dienone is 1. The first kappa shape index (κ1) is 21.7. The molecule has 0 fully saturated rings. The number of fused-ring (bicyclic) bond motifs is 1. The lowest BCUT2D eigenvalue weighted by atomic mass is 9.95. The van der Waals surface area contributed by atoms with Crippen LogP contribution in [0.4, 0.5) is 0 Å². The largest absolute Gasteiger partial charge is 0.238 e. The Bertz CT molecular complexity index is 810. The Hall–Kier alpha value is -2.35. The maximum Gasteiger partial charge on any atom is 0.0664 e. The second kappa shape index (κ2) is 10.6. The zero-order valence-electron chi connectivity index (χ0n) is 17.5. The van der Waals surface area contributed by atoms with Gasteiger partial charge < -0.3 is 0 Å².